The van der Waals surface area contributed by atoms with Gasteiger partial charge in [-0.25, -0.2) is 0 Å². The zero-order valence-electron chi connectivity index (χ0n) is 28.9. The summed E-state index contributed by atoms with van der Waals surface area (Å²) in [5, 5.41) is 11.1. The van der Waals surface area contributed by atoms with Crippen LogP contribution in [0, 0.1) is 0 Å². The molecule has 9 nitrogen and oxygen atoms in total. The van der Waals surface area contributed by atoms with Crippen LogP contribution < -0.4 is 15.6 Å². The third-order valence-corrected chi connectivity index (χ3v) is 9.01. The van der Waals surface area contributed by atoms with Crippen molar-refractivity contribution in [3.8, 4) is 0 Å². The molecule has 0 fully saturated rings. The first-order chi connectivity index (χ1) is 24.2. The molecule has 2 aromatic carbocycles. The number of anilines is 2. The molecule has 1 aliphatic rings. The van der Waals surface area contributed by atoms with Gasteiger partial charge in [-0.3, -0.25) is 19.2 Å². The summed E-state index contributed by atoms with van der Waals surface area (Å²) in [6, 6.07) is 9.12. The topological polar surface area (TPSA) is 117 Å². The number of hydrazone groups is 1. The molecule has 1 heterocycles. The third-order valence-electron chi connectivity index (χ3n) is 8.21. The Hall–Kier alpha value is -3.40. The number of hydrogen-bond acceptors (Lipinski definition) is 6. The number of nitrogens with zero attached hydrogens (tertiary/aromatic N) is 2. The van der Waals surface area contributed by atoms with Crippen LogP contribution >= 0.6 is 34.8 Å². The van der Waals surface area contributed by atoms with Crippen molar-refractivity contribution in [1.29, 1.82) is 0 Å². The Labute approximate surface area is 311 Å². The van der Waals surface area contributed by atoms with Crippen LogP contribution in [-0.4, -0.2) is 29.5 Å². The second-order valence-corrected chi connectivity index (χ2v) is 13.7. The Morgan fingerprint density at radius 2 is 1.42 bits per heavy atom. The van der Waals surface area contributed by atoms with E-state index in [9.17, 15) is 19.2 Å². The molecule has 2 aromatic rings. The van der Waals surface area contributed by atoms with Gasteiger partial charge in [-0.1, -0.05) is 131 Å². The van der Waals surface area contributed by atoms with Gasteiger partial charge in [0.05, 0.1) is 29.1 Å². The van der Waals surface area contributed by atoms with Crippen LogP contribution in [0.2, 0.25) is 15.1 Å². The maximum absolute atomic E-state index is 12.9. The minimum Gasteiger partial charge on any atom is -0.435 e. The highest BCUT2D eigenvalue weighted by molar-refractivity contribution is 6.42. The first kappa shape index (κ1) is 41.0. The molecule has 0 aromatic heterocycles. The minimum absolute atomic E-state index is 0.0768. The monoisotopic (exact) mass is 746 g/mol. The van der Waals surface area contributed by atoms with E-state index in [4.69, 9.17) is 39.5 Å². The van der Waals surface area contributed by atoms with E-state index in [-0.39, 0.29) is 46.4 Å². The van der Waals surface area contributed by atoms with Crippen molar-refractivity contribution in [2.75, 3.05) is 10.3 Å². The molecule has 0 saturated carbocycles. The number of carbonyl (C=O) groups excluding carboxylic acids is 4. The number of amides is 3. The average molecular weight is 748 g/mol. The summed E-state index contributed by atoms with van der Waals surface area (Å²) in [4.78, 5) is 50.1. The van der Waals surface area contributed by atoms with Crippen LogP contribution in [0.5, 0.6) is 0 Å². The molecule has 0 spiro atoms. The lowest BCUT2D eigenvalue weighted by Crippen LogP contribution is -2.29. The van der Waals surface area contributed by atoms with Gasteiger partial charge in [0.15, 0.2) is 0 Å². The molecule has 272 valence electrons. The smallest absolute Gasteiger partial charge is 0.311 e. The molecule has 0 radical (unpaired) electrons. The van der Waals surface area contributed by atoms with Gasteiger partial charge in [-0.05, 0) is 49.2 Å². The van der Waals surface area contributed by atoms with E-state index >= 15 is 0 Å². The van der Waals surface area contributed by atoms with Crippen molar-refractivity contribution in [3.63, 3.8) is 0 Å². The number of carbonyl (C=O) groups is 4. The molecule has 0 saturated heterocycles. The molecule has 3 amide bonds. The number of allylic oxidation sites excluding steroid dienone is 1. The molecule has 0 bridgehead atoms. The summed E-state index contributed by atoms with van der Waals surface area (Å²) in [6.07, 6.45) is 22.1. The molecular weight excluding hydrogens is 699 g/mol. The summed E-state index contributed by atoms with van der Waals surface area (Å²) < 4.78 is 5.13. The molecule has 2 N–H and O–H groups in total. The predicted molar refractivity (Wildman–Crippen MR) is 203 cm³/mol. The second kappa shape index (κ2) is 23.1. The minimum atomic E-state index is -0.535. The van der Waals surface area contributed by atoms with Crippen LogP contribution in [0.15, 0.2) is 53.8 Å². The van der Waals surface area contributed by atoms with Crippen LogP contribution in [-0.2, 0) is 19.1 Å². The quantitative estimate of drug-likeness (QED) is 0.0706. The van der Waals surface area contributed by atoms with E-state index in [0.29, 0.717) is 10.7 Å². The first-order valence-corrected chi connectivity index (χ1v) is 18.9. The van der Waals surface area contributed by atoms with Gasteiger partial charge < -0.3 is 15.4 Å². The molecule has 0 atom stereocenters. The van der Waals surface area contributed by atoms with Crippen LogP contribution in [0.3, 0.4) is 0 Å². The fourth-order valence-corrected chi connectivity index (χ4v) is 6.48. The maximum Gasteiger partial charge on any atom is 0.311 e. The van der Waals surface area contributed by atoms with Crippen molar-refractivity contribution in [2.24, 2.45) is 5.10 Å². The molecular formula is C38H49Cl3N4O5. The summed E-state index contributed by atoms with van der Waals surface area (Å²) in [5.41, 5.74) is 0.758. The lowest BCUT2D eigenvalue weighted by Gasteiger charge is -2.15. The number of ether oxygens (including phenoxy) is 1. The van der Waals surface area contributed by atoms with Crippen LogP contribution in [0.1, 0.15) is 133 Å². The van der Waals surface area contributed by atoms with Gasteiger partial charge >= 0.3 is 5.97 Å². The molecule has 50 heavy (non-hydrogen) atoms. The number of hydrogen-bond donors (Lipinski definition) is 2. The van der Waals surface area contributed by atoms with Gasteiger partial charge in [0.1, 0.15) is 11.5 Å². The lowest BCUT2D eigenvalue weighted by molar-refractivity contribution is -0.139. The highest BCUT2D eigenvalue weighted by Crippen LogP contribution is 2.38. The van der Waals surface area contributed by atoms with E-state index < -0.39 is 23.7 Å². The summed E-state index contributed by atoms with van der Waals surface area (Å²) in [7, 11) is 0. The van der Waals surface area contributed by atoms with E-state index in [1.165, 1.54) is 108 Å². The zero-order valence-corrected chi connectivity index (χ0v) is 31.2. The third kappa shape index (κ3) is 15.2. The van der Waals surface area contributed by atoms with Crippen molar-refractivity contribution in [3.05, 3.63) is 69.4 Å². The summed E-state index contributed by atoms with van der Waals surface area (Å²) in [6.45, 7) is 2.26. The predicted octanol–water partition coefficient (Wildman–Crippen LogP) is 10.8. The standard InChI is InChI=1S/C38H49Cl3N4O5/c1-2-3-4-5-6-7-8-9-10-11-12-13-14-15-16-17-23-50-36(48)22-21-34(46)42-30-20-18-19-28(24-30)38(49)43-33-27-35(47)45(44-33)37-31(40)25-29(39)26-32(37)41/h17-20,23-26H,2-16,21-22,27H2,1H3,(H,42,46)(H,43,44,49)/b23-17+. The van der Waals surface area contributed by atoms with Gasteiger partial charge in [-0.15, -0.1) is 0 Å². The normalized spacial score (nSPS) is 12.8. The second-order valence-electron chi connectivity index (χ2n) is 12.5. The van der Waals surface area contributed by atoms with E-state index in [2.05, 4.69) is 22.7 Å². The number of amidine groups is 1. The van der Waals surface area contributed by atoms with E-state index in [1.807, 2.05) is 6.08 Å². The highest BCUT2D eigenvalue weighted by atomic mass is 35.5. The Bertz CT molecular complexity index is 1470. The largest absolute Gasteiger partial charge is 0.435 e. The van der Waals surface area contributed by atoms with Crippen molar-refractivity contribution in [1.82, 2.24) is 5.32 Å². The maximum atomic E-state index is 12.9. The number of esters is 1. The van der Waals surface area contributed by atoms with Crippen molar-refractivity contribution >= 4 is 75.7 Å². The fourth-order valence-electron chi connectivity index (χ4n) is 5.50. The Morgan fingerprint density at radius 1 is 0.820 bits per heavy atom. The van der Waals surface area contributed by atoms with E-state index in [0.717, 1.165) is 17.9 Å². The molecule has 0 unspecified atom stereocenters. The summed E-state index contributed by atoms with van der Waals surface area (Å²) >= 11 is 18.4. The number of halogens is 3. The van der Waals surface area contributed by atoms with Gasteiger partial charge in [0, 0.05) is 22.7 Å². The molecule has 3 rings (SSSR count). The van der Waals surface area contributed by atoms with Crippen molar-refractivity contribution in [2.45, 2.75) is 122 Å². The fraction of sp³-hybridized carbons (Fsp3) is 0.500. The Kier molecular flexibility index (Phi) is 19.0. The van der Waals surface area contributed by atoms with Crippen LogP contribution in [0.4, 0.5) is 11.4 Å². The highest BCUT2D eigenvalue weighted by Gasteiger charge is 2.30. The molecule has 0 aliphatic carbocycles. The SMILES string of the molecule is CCCCCCCCCCCCCCCC/C=C/OC(=O)CCC(=O)Nc1cccc(C(=O)NC2=NN(c3c(Cl)cc(Cl)cc3Cl)C(=O)C2)c1. The number of rotatable bonds is 22. The first-order valence-electron chi connectivity index (χ1n) is 17.8. The van der Waals surface area contributed by atoms with Crippen molar-refractivity contribution < 1.29 is 23.9 Å². The van der Waals surface area contributed by atoms with Gasteiger partial charge in [-0.2, -0.15) is 10.1 Å². The number of unbranched alkanes of at least 4 members (excludes halogenated alkanes) is 14. The molecule has 12 heteroatoms. The van der Waals surface area contributed by atoms with Gasteiger partial charge in [0.25, 0.3) is 11.8 Å². The zero-order chi connectivity index (χ0) is 36.1. The number of nitrogens with one attached hydrogen (secondary N) is 2. The average Bonchev–Trinajstić information content (AvgIpc) is 3.43. The molecule has 1 aliphatic heterocycles. The Morgan fingerprint density at radius 3 is 2.04 bits per heavy atom. The Balaban J connectivity index is 1.27. The van der Waals surface area contributed by atoms with Crippen LogP contribution in [0.25, 0.3) is 0 Å². The number of benzene rings is 2. The van der Waals surface area contributed by atoms with E-state index in [1.54, 1.807) is 18.2 Å². The lowest BCUT2D eigenvalue weighted by atomic mass is 10.0. The summed E-state index contributed by atoms with van der Waals surface area (Å²) in [5.74, 6) is -1.76. The van der Waals surface area contributed by atoms with Gasteiger partial charge in [0.2, 0.25) is 5.91 Å².